The summed E-state index contributed by atoms with van der Waals surface area (Å²) in [7, 11) is -2.23. The lowest BCUT2D eigenvalue weighted by Gasteiger charge is -2.39. The lowest BCUT2D eigenvalue weighted by molar-refractivity contribution is 0.00578. The highest BCUT2D eigenvalue weighted by molar-refractivity contribution is 6.74. The Kier molecular flexibility index (Phi) is 6.10. The molecule has 1 aromatic heterocycles. The van der Waals surface area contributed by atoms with Crippen LogP contribution in [0.2, 0.25) is 18.1 Å². The Morgan fingerprint density at radius 3 is 2.07 bits per heavy atom. The molecule has 0 radical (unpaired) electrons. The summed E-state index contributed by atoms with van der Waals surface area (Å²) in [6.07, 6.45) is 2.84. The van der Waals surface area contributed by atoms with Crippen LogP contribution in [0.5, 0.6) is 0 Å². The molecule has 6 heteroatoms. The summed E-state index contributed by atoms with van der Waals surface area (Å²) in [6.45, 7) is 24.0. The quantitative estimate of drug-likeness (QED) is 0.650. The highest BCUT2D eigenvalue weighted by Gasteiger charge is 2.52. The van der Waals surface area contributed by atoms with Crippen molar-refractivity contribution >= 4 is 20.9 Å². The first-order valence-electron chi connectivity index (χ1n) is 10.1. The van der Waals surface area contributed by atoms with Crippen LogP contribution in [-0.2, 0) is 13.7 Å². The summed E-state index contributed by atoms with van der Waals surface area (Å²) in [5.74, 6) is 0. The summed E-state index contributed by atoms with van der Waals surface area (Å²) in [6, 6.07) is 2.14. The maximum Gasteiger partial charge on any atom is 0.496 e. The van der Waals surface area contributed by atoms with Crippen LogP contribution in [0, 0.1) is 6.92 Å². The van der Waals surface area contributed by atoms with Gasteiger partial charge in [0.15, 0.2) is 8.32 Å². The Labute approximate surface area is 167 Å². The zero-order valence-electron chi connectivity index (χ0n) is 19.2. The number of pyridine rings is 1. The molecular formula is C21H38BNO3Si. The third-order valence-electron chi connectivity index (χ3n) is 6.62. The molecule has 1 saturated heterocycles. The van der Waals surface area contributed by atoms with Crippen molar-refractivity contribution in [1.82, 2.24) is 4.98 Å². The number of hydrogen-bond donors (Lipinski definition) is 0. The maximum absolute atomic E-state index is 6.64. The number of rotatable bonds is 5. The average molecular weight is 391 g/mol. The Morgan fingerprint density at radius 1 is 1.15 bits per heavy atom. The van der Waals surface area contributed by atoms with Crippen LogP contribution in [0.1, 0.15) is 79.2 Å². The molecule has 0 N–H and O–H groups in total. The van der Waals surface area contributed by atoms with E-state index in [2.05, 4.69) is 81.5 Å². The first-order chi connectivity index (χ1) is 12.1. The summed E-state index contributed by atoms with van der Waals surface area (Å²) in [5, 5.41) is 0.179. The van der Waals surface area contributed by atoms with Gasteiger partial charge in [0.1, 0.15) is 0 Å². The van der Waals surface area contributed by atoms with Gasteiger partial charge in [0.05, 0.1) is 23.0 Å². The van der Waals surface area contributed by atoms with Crippen LogP contribution in [0.4, 0.5) is 0 Å². The number of hydrogen-bond acceptors (Lipinski definition) is 4. The minimum absolute atomic E-state index is 0.0249. The highest BCUT2D eigenvalue weighted by Crippen LogP contribution is 2.40. The van der Waals surface area contributed by atoms with Crippen LogP contribution in [0.15, 0.2) is 12.3 Å². The molecule has 0 aliphatic carbocycles. The first-order valence-corrected chi connectivity index (χ1v) is 13.0. The molecule has 0 aromatic carbocycles. The van der Waals surface area contributed by atoms with Gasteiger partial charge in [0.2, 0.25) is 0 Å². The summed E-state index contributed by atoms with van der Waals surface area (Å²) >= 11 is 0. The van der Waals surface area contributed by atoms with E-state index in [-0.39, 0.29) is 29.5 Å². The van der Waals surface area contributed by atoms with E-state index in [0.29, 0.717) is 0 Å². The molecule has 0 bridgehead atoms. The van der Waals surface area contributed by atoms with Crippen molar-refractivity contribution < 1.29 is 13.7 Å². The van der Waals surface area contributed by atoms with E-state index in [1.165, 1.54) is 0 Å². The van der Waals surface area contributed by atoms with Crippen molar-refractivity contribution in [3.05, 3.63) is 23.5 Å². The van der Waals surface area contributed by atoms with E-state index in [1.807, 2.05) is 6.20 Å². The van der Waals surface area contributed by atoms with Gasteiger partial charge in [-0.1, -0.05) is 27.7 Å². The van der Waals surface area contributed by atoms with Crippen molar-refractivity contribution in [1.29, 1.82) is 0 Å². The largest absolute Gasteiger partial charge is 0.496 e. The molecule has 1 atom stereocenters. The maximum atomic E-state index is 6.64. The van der Waals surface area contributed by atoms with Crippen LogP contribution in [0.25, 0.3) is 0 Å². The monoisotopic (exact) mass is 391 g/mol. The topological polar surface area (TPSA) is 40.6 Å². The second-order valence-corrected chi connectivity index (χ2v) is 15.1. The molecule has 1 aliphatic heterocycles. The fraction of sp³-hybridized carbons (Fsp3) is 0.762. The van der Waals surface area contributed by atoms with Crippen molar-refractivity contribution in [2.45, 2.75) is 104 Å². The van der Waals surface area contributed by atoms with Crippen LogP contribution >= 0.6 is 0 Å². The Balaban J connectivity index is 2.26. The lowest BCUT2D eigenvalue weighted by atomic mass is 9.77. The number of aryl methyl sites for hydroxylation is 1. The molecule has 152 valence electrons. The predicted octanol–water partition coefficient (Wildman–Crippen LogP) is 5.16. The molecule has 27 heavy (non-hydrogen) atoms. The van der Waals surface area contributed by atoms with Crippen molar-refractivity contribution in [3.63, 3.8) is 0 Å². The molecule has 1 aliphatic rings. The summed E-state index contributed by atoms with van der Waals surface area (Å²) < 4.78 is 19.0. The van der Waals surface area contributed by atoms with Crippen LogP contribution in [-0.4, -0.2) is 31.6 Å². The van der Waals surface area contributed by atoms with Crippen LogP contribution < -0.4 is 5.46 Å². The van der Waals surface area contributed by atoms with Crippen molar-refractivity contribution in [2.75, 3.05) is 0 Å². The predicted molar refractivity (Wildman–Crippen MR) is 116 cm³/mol. The Bertz CT molecular complexity index is 666. The Morgan fingerprint density at radius 2 is 1.67 bits per heavy atom. The number of aromatic nitrogens is 1. The Hall–Kier alpha value is -0.688. The third kappa shape index (κ3) is 4.50. The van der Waals surface area contributed by atoms with Crippen molar-refractivity contribution in [2.24, 2.45) is 0 Å². The van der Waals surface area contributed by atoms with E-state index >= 15 is 0 Å². The minimum atomic E-state index is -1.86. The zero-order valence-corrected chi connectivity index (χ0v) is 20.2. The van der Waals surface area contributed by atoms with E-state index in [1.54, 1.807) is 0 Å². The fourth-order valence-electron chi connectivity index (χ4n) is 2.87. The van der Waals surface area contributed by atoms with Gasteiger partial charge < -0.3 is 13.7 Å². The normalized spacial score (nSPS) is 20.8. The van der Waals surface area contributed by atoms with Gasteiger partial charge in [-0.15, -0.1) is 0 Å². The minimum Gasteiger partial charge on any atom is -0.408 e. The molecule has 4 nitrogen and oxygen atoms in total. The molecule has 1 aromatic rings. The van der Waals surface area contributed by atoms with Gasteiger partial charge in [-0.3, -0.25) is 4.98 Å². The van der Waals surface area contributed by atoms with Crippen LogP contribution in [0.3, 0.4) is 0 Å². The molecule has 0 spiro atoms. The smallest absolute Gasteiger partial charge is 0.408 e. The first kappa shape index (κ1) is 22.6. The SMILES string of the molecule is CCC(O[Si](C)(C)C(C)(C)C)c1cc(C)c(B2OC(C)(C)C(C)(C)O2)cn1. The van der Waals surface area contributed by atoms with Gasteiger partial charge in [-0.05, 0) is 70.8 Å². The highest BCUT2D eigenvalue weighted by atomic mass is 28.4. The average Bonchev–Trinajstić information content (AvgIpc) is 2.71. The van der Waals surface area contributed by atoms with E-state index < -0.39 is 8.32 Å². The second-order valence-electron chi connectivity index (χ2n) is 10.3. The van der Waals surface area contributed by atoms with Gasteiger partial charge in [0, 0.05) is 11.7 Å². The molecule has 0 saturated carbocycles. The molecule has 2 heterocycles. The zero-order chi connectivity index (χ0) is 20.8. The summed E-state index contributed by atoms with van der Waals surface area (Å²) in [5.41, 5.74) is 2.44. The third-order valence-corrected chi connectivity index (χ3v) is 11.1. The van der Waals surface area contributed by atoms with Gasteiger partial charge in [-0.25, -0.2) is 0 Å². The number of nitrogens with zero attached hydrogens (tertiary/aromatic N) is 1. The molecular weight excluding hydrogens is 353 g/mol. The van der Waals surface area contributed by atoms with E-state index in [4.69, 9.17) is 18.7 Å². The van der Waals surface area contributed by atoms with E-state index in [0.717, 1.165) is 23.1 Å². The molecule has 1 unspecified atom stereocenters. The van der Waals surface area contributed by atoms with Gasteiger partial charge in [-0.2, -0.15) is 0 Å². The molecule has 2 rings (SSSR count). The van der Waals surface area contributed by atoms with Crippen molar-refractivity contribution in [3.8, 4) is 0 Å². The fourth-order valence-corrected chi connectivity index (χ4v) is 4.22. The lowest BCUT2D eigenvalue weighted by Crippen LogP contribution is -2.42. The molecule has 1 fully saturated rings. The standard InChI is InChI=1S/C21H38BNO3Si/c1-12-18(24-27(10,11)19(3,4)5)17-13-15(2)16(14-23-17)22-25-20(6,7)21(8,9)26-22/h13-14,18H,12H2,1-11H3. The van der Waals surface area contributed by atoms with E-state index in [9.17, 15) is 0 Å². The van der Waals surface area contributed by atoms with Gasteiger partial charge in [0.25, 0.3) is 0 Å². The van der Waals surface area contributed by atoms with Gasteiger partial charge >= 0.3 is 7.12 Å². The summed E-state index contributed by atoms with van der Waals surface area (Å²) in [4.78, 5) is 4.75. The molecule has 0 amide bonds. The second kappa shape index (κ2) is 7.29.